The Morgan fingerprint density at radius 2 is 2.30 bits per heavy atom. The maximum atomic E-state index is 10.4. The summed E-state index contributed by atoms with van der Waals surface area (Å²) in [7, 11) is 2.11. The number of hydrogen-bond acceptors (Lipinski definition) is 1. The molecule has 0 heterocycles. The molecule has 1 saturated carbocycles. The molecule has 0 aromatic rings. The molecule has 1 N–H and O–H groups in total. The second-order valence-corrected chi connectivity index (χ2v) is 2.94. The van der Waals surface area contributed by atoms with E-state index in [1.165, 1.54) is 0 Å². The summed E-state index contributed by atoms with van der Waals surface area (Å²) >= 11 is 0. The quantitative estimate of drug-likeness (QED) is 0.587. The van der Waals surface area contributed by atoms with Crippen molar-refractivity contribution in [1.82, 2.24) is 0 Å². The van der Waals surface area contributed by atoms with E-state index in [1.807, 2.05) is 6.82 Å². The summed E-state index contributed by atoms with van der Waals surface area (Å²) in [6.45, 7) is 2.01. The lowest BCUT2D eigenvalue weighted by Crippen LogP contribution is -2.09. The predicted molar refractivity (Wildman–Crippen MR) is 40.3 cm³/mol. The van der Waals surface area contributed by atoms with Crippen molar-refractivity contribution >= 4 is 13.2 Å². The fourth-order valence-corrected chi connectivity index (χ4v) is 1.54. The Hall–Kier alpha value is -0.465. The topological polar surface area (TPSA) is 37.3 Å². The van der Waals surface area contributed by atoms with Gasteiger partial charge in [-0.2, -0.15) is 0 Å². The Kier molecular flexibility index (Phi) is 2.36. The van der Waals surface area contributed by atoms with Crippen LogP contribution in [0.25, 0.3) is 0 Å². The fourth-order valence-electron chi connectivity index (χ4n) is 1.54. The molecule has 0 aromatic heterocycles. The molecule has 1 radical (unpaired) electrons. The maximum absolute atomic E-state index is 10.4. The van der Waals surface area contributed by atoms with Gasteiger partial charge in [0.25, 0.3) is 0 Å². The molecule has 0 amide bonds. The zero-order chi connectivity index (χ0) is 7.56. The van der Waals surface area contributed by atoms with E-state index in [0.29, 0.717) is 5.82 Å². The summed E-state index contributed by atoms with van der Waals surface area (Å²) in [5, 5.41) is 8.61. The molecule has 2 nitrogen and oxygen atoms in total. The van der Waals surface area contributed by atoms with Gasteiger partial charge in [0.15, 0.2) is 0 Å². The van der Waals surface area contributed by atoms with Crippen LogP contribution in [0.15, 0.2) is 0 Å². The molecule has 0 spiro atoms. The highest BCUT2D eigenvalue weighted by Crippen LogP contribution is 2.34. The summed E-state index contributed by atoms with van der Waals surface area (Å²) in [6, 6.07) is 0. The van der Waals surface area contributed by atoms with Crippen LogP contribution in [0.5, 0.6) is 0 Å². The molecule has 0 saturated heterocycles. The molecule has 0 aromatic carbocycles. The van der Waals surface area contributed by atoms with Crippen LogP contribution in [-0.4, -0.2) is 18.4 Å². The minimum Gasteiger partial charge on any atom is -0.481 e. The van der Waals surface area contributed by atoms with E-state index in [4.69, 9.17) is 5.11 Å². The van der Waals surface area contributed by atoms with Crippen LogP contribution in [0.3, 0.4) is 0 Å². The number of aliphatic carboxylic acids is 1. The van der Waals surface area contributed by atoms with Gasteiger partial charge in [-0.25, -0.2) is 0 Å². The zero-order valence-corrected chi connectivity index (χ0v) is 6.21. The molecule has 0 bridgehead atoms. The number of rotatable bonds is 2. The van der Waals surface area contributed by atoms with Gasteiger partial charge in [0, 0.05) is 0 Å². The van der Waals surface area contributed by atoms with Gasteiger partial charge >= 0.3 is 5.97 Å². The standard InChI is InChI=1S/C7H12BO2/c1-8-6-3-2-5(4-6)7(9)10/h5-6H,2-4H2,1H3,(H,9,10)/t5-,6+/m1/s1. The first-order valence-corrected chi connectivity index (χ1v) is 3.76. The molecule has 0 unspecified atom stereocenters. The second kappa shape index (κ2) is 3.08. The lowest BCUT2D eigenvalue weighted by atomic mass is 9.66. The molecular weight excluding hydrogens is 127 g/mol. The van der Waals surface area contributed by atoms with E-state index in [-0.39, 0.29) is 5.92 Å². The fraction of sp³-hybridized carbons (Fsp3) is 0.857. The molecule has 3 heteroatoms. The largest absolute Gasteiger partial charge is 0.481 e. The van der Waals surface area contributed by atoms with Gasteiger partial charge in [-0.15, -0.1) is 0 Å². The van der Waals surface area contributed by atoms with Crippen LogP contribution in [0, 0.1) is 5.92 Å². The van der Waals surface area contributed by atoms with Gasteiger partial charge in [0.05, 0.1) is 5.92 Å². The third kappa shape index (κ3) is 1.52. The van der Waals surface area contributed by atoms with E-state index in [1.54, 1.807) is 0 Å². The number of hydrogen-bond donors (Lipinski definition) is 1. The first-order valence-electron chi connectivity index (χ1n) is 3.76. The number of carboxylic acid groups (broad SMARTS) is 1. The maximum Gasteiger partial charge on any atom is 0.306 e. The lowest BCUT2D eigenvalue weighted by molar-refractivity contribution is -0.141. The SMILES string of the molecule is C[B][C@H]1CC[C@@H](C(=O)O)C1. The van der Waals surface area contributed by atoms with Crippen molar-refractivity contribution in [3.63, 3.8) is 0 Å². The van der Waals surface area contributed by atoms with Crippen LogP contribution < -0.4 is 0 Å². The van der Waals surface area contributed by atoms with Crippen molar-refractivity contribution in [3.8, 4) is 0 Å². The highest BCUT2D eigenvalue weighted by atomic mass is 16.4. The summed E-state index contributed by atoms with van der Waals surface area (Å²) in [5.74, 6) is -0.133. The van der Waals surface area contributed by atoms with E-state index < -0.39 is 5.97 Å². The van der Waals surface area contributed by atoms with Crippen molar-refractivity contribution in [2.45, 2.75) is 31.9 Å². The third-order valence-electron chi connectivity index (χ3n) is 2.29. The van der Waals surface area contributed by atoms with Crippen molar-refractivity contribution in [2.75, 3.05) is 0 Å². The third-order valence-corrected chi connectivity index (χ3v) is 2.29. The van der Waals surface area contributed by atoms with E-state index >= 15 is 0 Å². The van der Waals surface area contributed by atoms with Gasteiger partial charge in [-0.3, -0.25) is 4.79 Å². The van der Waals surface area contributed by atoms with Crippen LogP contribution in [-0.2, 0) is 4.79 Å². The van der Waals surface area contributed by atoms with Crippen molar-refractivity contribution < 1.29 is 9.90 Å². The molecule has 1 fully saturated rings. The van der Waals surface area contributed by atoms with Crippen molar-refractivity contribution in [1.29, 1.82) is 0 Å². The van der Waals surface area contributed by atoms with Crippen LogP contribution in [0.1, 0.15) is 19.3 Å². The highest BCUT2D eigenvalue weighted by Gasteiger charge is 2.28. The smallest absolute Gasteiger partial charge is 0.306 e. The van der Waals surface area contributed by atoms with Crippen molar-refractivity contribution in [3.05, 3.63) is 0 Å². The van der Waals surface area contributed by atoms with Gasteiger partial charge in [-0.1, -0.05) is 19.1 Å². The Bertz CT molecular complexity index is 136. The molecule has 2 atom stereocenters. The molecule has 1 rings (SSSR count). The molecule has 1 aliphatic rings. The minimum absolute atomic E-state index is 0.0683. The molecule has 0 aliphatic heterocycles. The molecule has 55 valence electrons. The second-order valence-electron chi connectivity index (χ2n) is 2.94. The average Bonchev–Trinajstić information content (AvgIpc) is 2.34. The Balaban J connectivity index is 2.35. The molecule has 10 heavy (non-hydrogen) atoms. The molecular formula is C7H12BO2. The Labute approximate surface area is 61.9 Å². The first kappa shape index (κ1) is 7.64. The Morgan fingerprint density at radius 3 is 2.60 bits per heavy atom. The Morgan fingerprint density at radius 1 is 1.60 bits per heavy atom. The molecule has 1 aliphatic carbocycles. The first-order chi connectivity index (χ1) is 4.74. The number of carbonyl (C=O) groups is 1. The number of carboxylic acids is 1. The summed E-state index contributed by atoms with van der Waals surface area (Å²) < 4.78 is 0. The highest BCUT2D eigenvalue weighted by molar-refractivity contribution is 6.35. The van der Waals surface area contributed by atoms with E-state index in [9.17, 15) is 4.79 Å². The normalized spacial score (nSPS) is 32.1. The van der Waals surface area contributed by atoms with Gasteiger partial charge in [-0.05, 0) is 12.8 Å². The summed E-state index contributed by atoms with van der Waals surface area (Å²) in [6.07, 6.45) is 2.78. The summed E-state index contributed by atoms with van der Waals surface area (Å²) in [5.41, 5.74) is 0. The van der Waals surface area contributed by atoms with Gasteiger partial charge in [0.2, 0.25) is 0 Å². The van der Waals surface area contributed by atoms with Crippen LogP contribution >= 0.6 is 0 Å². The van der Waals surface area contributed by atoms with Crippen LogP contribution in [0.2, 0.25) is 12.6 Å². The van der Waals surface area contributed by atoms with Crippen LogP contribution in [0.4, 0.5) is 0 Å². The predicted octanol–water partition coefficient (Wildman–Crippen LogP) is 1.41. The average molecular weight is 139 g/mol. The summed E-state index contributed by atoms with van der Waals surface area (Å²) in [4.78, 5) is 10.4. The van der Waals surface area contributed by atoms with E-state index in [0.717, 1.165) is 19.3 Å². The lowest BCUT2D eigenvalue weighted by Gasteiger charge is -2.02. The van der Waals surface area contributed by atoms with Crippen molar-refractivity contribution in [2.24, 2.45) is 5.92 Å². The van der Waals surface area contributed by atoms with Gasteiger partial charge < -0.3 is 5.11 Å². The minimum atomic E-state index is -0.621. The zero-order valence-electron chi connectivity index (χ0n) is 6.21. The monoisotopic (exact) mass is 139 g/mol. The van der Waals surface area contributed by atoms with Gasteiger partial charge in [0.1, 0.15) is 7.28 Å². The van der Waals surface area contributed by atoms with E-state index in [2.05, 4.69) is 7.28 Å².